The fourth-order valence-corrected chi connectivity index (χ4v) is 3.31. The van der Waals surface area contributed by atoms with E-state index in [1.807, 2.05) is 17.9 Å². The SMILES string of the molecule is CC1(C(=O)N2CCC(c3ccn[nH]3)CC2)CCCN1. The Morgan fingerprint density at radius 3 is 2.84 bits per heavy atom. The molecule has 19 heavy (non-hydrogen) atoms. The Labute approximate surface area is 113 Å². The quantitative estimate of drug-likeness (QED) is 0.843. The molecule has 104 valence electrons. The van der Waals surface area contributed by atoms with E-state index in [2.05, 4.69) is 15.5 Å². The van der Waals surface area contributed by atoms with Gasteiger partial charge in [-0.25, -0.2) is 0 Å². The minimum atomic E-state index is -0.319. The van der Waals surface area contributed by atoms with Crippen LogP contribution in [0.4, 0.5) is 0 Å². The maximum atomic E-state index is 12.6. The number of nitrogens with one attached hydrogen (secondary N) is 2. The van der Waals surface area contributed by atoms with Gasteiger partial charge in [-0.2, -0.15) is 5.10 Å². The highest BCUT2D eigenvalue weighted by Gasteiger charge is 2.39. The fourth-order valence-electron chi connectivity index (χ4n) is 3.31. The Hall–Kier alpha value is -1.36. The first-order valence-corrected chi connectivity index (χ1v) is 7.23. The number of nitrogens with zero attached hydrogens (tertiary/aromatic N) is 2. The number of likely N-dealkylation sites (tertiary alicyclic amines) is 1. The van der Waals surface area contributed by atoms with Crippen molar-refractivity contribution in [2.24, 2.45) is 0 Å². The van der Waals surface area contributed by atoms with E-state index in [1.165, 1.54) is 5.69 Å². The largest absolute Gasteiger partial charge is 0.341 e. The second-order valence-electron chi connectivity index (χ2n) is 5.94. The average molecular weight is 262 g/mol. The van der Waals surface area contributed by atoms with Gasteiger partial charge < -0.3 is 10.2 Å². The van der Waals surface area contributed by atoms with Gasteiger partial charge in [-0.3, -0.25) is 9.89 Å². The second-order valence-corrected chi connectivity index (χ2v) is 5.94. The monoisotopic (exact) mass is 262 g/mol. The Morgan fingerprint density at radius 2 is 2.26 bits per heavy atom. The number of rotatable bonds is 2. The van der Waals surface area contributed by atoms with Gasteiger partial charge in [0.25, 0.3) is 0 Å². The van der Waals surface area contributed by atoms with Crippen LogP contribution in [0, 0.1) is 0 Å². The van der Waals surface area contributed by atoms with Crippen LogP contribution in [0.15, 0.2) is 12.3 Å². The lowest BCUT2D eigenvalue weighted by Crippen LogP contribution is -2.54. The van der Waals surface area contributed by atoms with Crippen molar-refractivity contribution in [3.8, 4) is 0 Å². The molecule has 0 spiro atoms. The summed E-state index contributed by atoms with van der Waals surface area (Å²) in [6.07, 6.45) is 5.93. The standard InChI is InChI=1S/C14H22N4O/c1-14(6-2-7-15-14)13(19)18-9-4-11(5-10-18)12-3-8-16-17-12/h3,8,11,15H,2,4-7,9-10H2,1H3,(H,16,17). The van der Waals surface area contributed by atoms with Crippen molar-refractivity contribution < 1.29 is 4.79 Å². The molecule has 1 atom stereocenters. The smallest absolute Gasteiger partial charge is 0.242 e. The molecule has 0 radical (unpaired) electrons. The number of aromatic amines is 1. The van der Waals surface area contributed by atoms with Gasteiger partial charge in [0, 0.05) is 30.9 Å². The molecule has 0 saturated carbocycles. The van der Waals surface area contributed by atoms with E-state index in [0.717, 1.165) is 45.3 Å². The minimum absolute atomic E-state index is 0.285. The van der Waals surface area contributed by atoms with Gasteiger partial charge in [0.15, 0.2) is 0 Å². The van der Waals surface area contributed by atoms with Crippen LogP contribution in [0.25, 0.3) is 0 Å². The molecule has 1 unspecified atom stereocenters. The molecule has 0 aliphatic carbocycles. The van der Waals surface area contributed by atoms with Crippen LogP contribution in [-0.4, -0.2) is 46.2 Å². The second kappa shape index (κ2) is 4.96. The van der Waals surface area contributed by atoms with Crippen LogP contribution in [0.1, 0.15) is 44.2 Å². The molecule has 2 saturated heterocycles. The van der Waals surface area contributed by atoms with Crippen LogP contribution >= 0.6 is 0 Å². The Bertz CT molecular complexity index is 428. The summed E-state index contributed by atoms with van der Waals surface area (Å²) >= 11 is 0. The van der Waals surface area contributed by atoms with E-state index in [0.29, 0.717) is 5.92 Å². The van der Waals surface area contributed by atoms with Crippen molar-refractivity contribution in [2.75, 3.05) is 19.6 Å². The molecule has 1 amide bonds. The first-order valence-electron chi connectivity index (χ1n) is 7.23. The van der Waals surface area contributed by atoms with Crippen molar-refractivity contribution in [3.05, 3.63) is 18.0 Å². The number of H-pyrrole nitrogens is 1. The maximum absolute atomic E-state index is 12.6. The average Bonchev–Trinajstić information content (AvgIpc) is 3.10. The van der Waals surface area contributed by atoms with E-state index in [-0.39, 0.29) is 11.4 Å². The highest BCUT2D eigenvalue weighted by molar-refractivity contribution is 5.86. The summed E-state index contributed by atoms with van der Waals surface area (Å²) in [6.45, 7) is 4.73. The molecule has 5 nitrogen and oxygen atoms in total. The van der Waals surface area contributed by atoms with Gasteiger partial charge in [-0.1, -0.05) is 0 Å². The van der Waals surface area contributed by atoms with Crippen LogP contribution in [0.2, 0.25) is 0 Å². The zero-order valence-electron chi connectivity index (χ0n) is 11.5. The summed E-state index contributed by atoms with van der Waals surface area (Å²) in [5.41, 5.74) is 0.887. The van der Waals surface area contributed by atoms with Gasteiger partial charge in [-0.05, 0) is 45.2 Å². The molecular formula is C14H22N4O. The van der Waals surface area contributed by atoms with Crippen molar-refractivity contribution in [3.63, 3.8) is 0 Å². The Balaban J connectivity index is 1.59. The Kier molecular flexibility index (Phi) is 3.31. The topological polar surface area (TPSA) is 61.0 Å². The molecule has 3 heterocycles. The molecule has 1 aromatic heterocycles. The fraction of sp³-hybridized carbons (Fsp3) is 0.714. The lowest BCUT2D eigenvalue weighted by Gasteiger charge is -2.36. The summed E-state index contributed by atoms with van der Waals surface area (Å²) in [4.78, 5) is 14.6. The molecule has 1 aromatic rings. The van der Waals surface area contributed by atoms with Crippen LogP contribution in [-0.2, 0) is 4.79 Å². The predicted octanol–water partition coefficient (Wildman–Crippen LogP) is 1.26. The number of carbonyl (C=O) groups excluding carboxylic acids is 1. The highest BCUT2D eigenvalue weighted by Crippen LogP contribution is 2.29. The van der Waals surface area contributed by atoms with Gasteiger partial charge in [0.05, 0.1) is 5.54 Å². The van der Waals surface area contributed by atoms with Crippen LogP contribution in [0.3, 0.4) is 0 Å². The zero-order chi connectivity index (χ0) is 13.3. The summed E-state index contributed by atoms with van der Waals surface area (Å²) in [7, 11) is 0. The number of piperidine rings is 1. The lowest BCUT2D eigenvalue weighted by atomic mass is 9.91. The third-order valence-corrected chi connectivity index (χ3v) is 4.59. The molecule has 3 rings (SSSR count). The summed E-state index contributed by atoms with van der Waals surface area (Å²) in [6, 6.07) is 2.04. The van der Waals surface area contributed by atoms with Crippen molar-refractivity contribution in [1.29, 1.82) is 0 Å². The molecule has 5 heteroatoms. The van der Waals surface area contributed by atoms with Crippen molar-refractivity contribution in [1.82, 2.24) is 20.4 Å². The molecule has 2 N–H and O–H groups in total. The highest BCUT2D eigenvalue weighted by atomic mass is 16.2. The van der Waals surface area contributed by atoms with Gasteiger partial charge >= 0.3 is 0 Å². The van der Waals surface area contributed by atoms with E-state index in [9.17, 15) is 4.79 Å². The third kappa shape index (κ3) is 2.39. The first-order chi connectivity index (χ1) is 9.19. The summed E-state index contributed by atoms with van der Waals surface area (Å²) in [5, 5.41) is 10.4. The molecule has 0 aromatic carbocycles. The number of hydrogen-bond donors (Lipinski definition) is 2. The van der Waals surface area contributed by atoms with E-state index >= 15 is 0 Å². The maximum Gasteiger partial charge on any atom is 0.242 e. The number of amides is 1. The molecule has 2 aliphatic heterocycles. The number of aromatic nitrogens is 2. The minimum Gasteiger partial charge on any atom is -0.341 e. The lowest BCUT2D eigenvalue weighted by molar-refractivity contribution is -0.138. The van der Waals surface area contributed by atoms with E-state index in [4.69, 9.17) is 0 Å². The van der Waals surface area contributed by atoms with E-state index < -0.39 is 0 Å². The zero-order valence-corrected chi connectivity index (χ0v) is 11.5. The third-order valence-electron chi connectivity index (χ3n) is 4.59. The van der Waals surface area contributed by atoms with Crippen LogP contribution < -0.4 is 5.32 Å². The molecule has 0 bridgehead atoms. The van der Waals surface area contributed by atoms with Crippen molar-refractivity contribution in [2.45, 2.75) is 44.1 Å². The van der Waals surface area contributed by atoms with Crippen molar-refractivity contribution >= 4 is 5.91 Å². The number of carbonyl (C=O) groups is 1. The first kappa shape index (κ1) is 12.7. The Morgan fingerprint density at radius 1 is 1.47 bits per heavy atom. The number of hydrogen-bond acceptors (Lipinski definition) is 3. The van der Waals surface area contributed by atoms with E-state index in [1.54, 1.807) is 6.20 Å². The van der Waals surface area contributed by atoms with Gasteiger partial charge in [-0.15, -0.1) is 0 Å². The summed E-state index contributed by atoms with van der Waals surface area (Å²) < 4.78 is 0. The molecular weight excluding hydrogens is 240 g/mol. The van der Waals surface area contributed by atoms with Crippen LogP contribution in [0.5, 0.6) is 0 Å². The molecule has 2 fully saturated rings. The normalized spacial score (nSPS) is 28.8. The molecule has 2 aliphatic rings. The van der Waals surface area contributed by atoms with Gasteiger partial charge in [0.2, 0.25) is 5.91 Å². The predicted molar refractivity (Wildman–Crippen MR) is 72.8 cm³/mol. The summed E-state index contributed by atoms with van der Waals surface area (Å²) in [5.74, 6) is 0.809. The van der Waals surface area contributed by atoms with Gasteiger partial charge in [0.1, 0.15) is 0 Å².